The van der Waals surface area contributed by atoms with Gasteiger partial charge < -0.3 is 41.7 Å². The number of aliphatic carboxylic acids is 1. The lowest BCUT2D eigenvalue weighted by atomic mass is 9.79. The third-order valence-electron chi connectivity index (χ3n) is 12.5. The number of hydrogen-bond acceptors (Lipinski definition) is 10. The monoisotopic (exact) mass is 893 g/mol. The Morgan fingerprint density at radius 3 is 1.77 bits per heavy atom. The number of aromatic nitrogens is 2. The van der Waals surface area contributed by atoms with E-state index in [4.69, 9.17) is 5.73 Å². The van der Waals surface area contributed by atoms with E-state index in [9.17, 15) is 33.9 Å². The predicted molar refractivity (Wildman–Crippen MR) is 249 cm³/mol. The molecule has 4 aliphatic heterocycles. The van der Waals surface area contributed by atoms with E-state index < -0.39 is 40.3 Å². The smallest absolute Gasteiger partial charge is 0.326 e. The maximum atomic E-state index is 13.6. The van der Waals surface area contributed by atoms with Crippen molar-refractivity contribution in [2.75, 3.05) is 40.3 Å². The molecule has 8 rings (SSSR count). The highest BCUT2D eigenvalue weighted by Crippen LogP contribution is 2.35. The largest absolute Gasteiger partial charge is 0.480 e. The number of aromatic amines is 2. The number of nitrogens with one attached hydrogen (secondary N) is 5. The summed E-state index contributed by atoms with van der Waals surface area (Å²) in [5.41, 5.74) is 8.62. The van der Waals surface area contributed by atoms with Crippen LogP contribution in [0.25, 0.3) is 21.8 Å². The molecule has 2 aromatic heterocycles. The van der Waals surface area contributed by atoms with Gasteiger partial charge in [-0.25, -0.2) is 14.8 Å². The van der Waals surface area contributed by atoms with Gasteiger partial charge in [-0.05, 0) is 51.0 Å². The molecule has 4 atom stereocenters. The molecule has 0 radical (unpaired) electrons. The first kappa shape index (κ1) is 48.1. The lowest BCUT2D eigenvalue weighted by Gasteiger charge is -2.38. The van der Waals surface area contributed by atoms with Gasteiger partial charge in [0.2, 0.25) is 17.7 Å². The molecule has 0 aliphatic carbocycles. The lowest BCUT2D eigenvalue weighted by molar-refractivity contribution is -0.143. The second-order valence-electron chi connectivity index (χ2n) is 19.3. The van der Waals surface area contributed by atoms with Gasteiger partial charge >= 0.3 is 5.97 Å². The number of piperidine rings is 2. The summed E-state index contributed by atoms with van der Waals surface area (Å²) in [6.45, 7) is 14.6. The fourth-order valence-corrected chi connectivity index (χ4v) is 8.44. The molecule has 0 saturated carbocycles. The summed E-state index contributed by atoms with van der Waals surface area (Å²) in [6.07, 6.45) is 5.64. The molecule has 8 N–H and O–H groups in total. The third-order valence-corrected chi connectivity index (χ3v) is 12.5. The average Bonchev–Trinajstić information content (AvgIpc) is 3.98. The van der Waals surface area contributed by atoms with Crippen LogP contribution in [0.2, 0.25) is 0 Å². The number of carboxylic acid groups (broad SMARTS) is 1. The van der Waals surface area contributed by atoms with Crippen molar-refractivity contribution in [2.45, 2.75) is 91.8 Å². The lowest BCUT2D eigenvalue weighted by Crippen LogP contribution is -2.60. The van der Waals surface area contributed by atoms with E-state index in [0.29, 0.717) is 19.4 Å². The maximum Gasteiger partial charge on any atom is 0.326 e. The topological polar surface area (TPSA) is 251 Å². The van der Waals surface area contributed by atoms with Crippen LogP contribution in [-0.4, -0.2) is 135 Å². The molecule has 348 valence electrons. The summed E-state index contributed by atoms with van der Waals surface area (Å²) >= 11 is 0. The van der Waals surface area contributed by atoms with Crippen molar-refractivity contribution >= 4 is 68.7 Å². The molecule has 6 heterocycles. The Balaban J connectivity index is 0.000000181. The number of fused-ring (bicyclic) bond motifs is 4. The average molecular weight is 894 g/mol. The molecular weight excluding hydrogens is 831 g/mol. The third kappa shape index (κ3) is 10.3. The minimum atomic E-state index is -1.13. The molecule has 0 bridgehead atoms. The number of likely N-dealkylation sites (tertiary alicyclic amines) is 1. The predicted octanol–water partition coefficient (Wildman–Crippen LogP) is 3.14. The number of carbonyl (C=O) groups excluding carboxylic acids is 5. The van der Waals surface area contributed by atoms with Crippen molar-refractivity contribution in [1.29, 1.82) is 0 Å². The fraction of sp³-hybridized carbons (Fsp3) is 0.489. The van der Waals surface area contributed by atoms with Crippen LogP contribution >= 0.6 is 0 Å². The zero-order valence-corrected chi connectivity index (χ0v) is 38.8. The summed E-state index contributed by atoms with van der Waals surface area (Å²) in [5.74, 6) is -1.93. The van der Waals surface area contributed by atoms with Gasteiger partial charge in [0.05, 0.1) is 17.0 Å². The van der Waals surface area contributed by atoms with Crippen molar-refractivity contribution in [1.82, 2.24) is 40.8 Å². The number of H-pyrrole nitrogens is 2. The highest BCUT2D eigenvalue weighted by atomic mass is 16.4. The van der Waals surface area contributed by atoms with Crippen LogP contribution < -0.4 is 21.7 Å². The van der Waals surface area contributed by atoms with Gasteiger partial charge in [0.25, 0.3) is 11.8 Å². The fourth-order valence-electron chi connectivity index (χ4n) is 8.44. The molecule has 18 nitrogen and oxygen atoms in total. The number of carbonyl (C=O) groups is 6. The summed E-state index contributed by atoms with van der Waals surface area (Å²) in [7, 11) is 3.35. The number of rotatable bonds is 9. The summed E-state index contributed by atoms with van der Waals surface area (Å²) in [4.78, 5) is 82.0. The number of amides is 5. The number of para-hydroxylation sites is 2. The Labute approximate surface area is 378 Å². The zero-order valence-electron chi connectivity index (χ0n) is 38.8. The molecule has 5 amide bonds. The molecule has 4 aromatic rings. The van der Waals surface area contributed by atoms with Crippen LogP contribution in [0.3, 0.4) is 0 Å². The van der Waals surface area contributed by atoms with Crippen LogP contribution in [-0.2, 0) is 41.6 Å². The minimum Gasteiger partial charge on any atom is -0.480 e. The first-order chi connectivity index (χ1) is 30.4. The van der Waals surface area contributed by atoms with Crippen molar-refractivity contribution < 1.29 is 33.9 Å². The summed E-state index contributed by atoms with van der Waals surface area (Å²) < 4.78 is 0. The van der Waals surface area contributed by atoms with Crippen LogP contribution in [0.5, 0.6) is 0 Å². The maximum absolute atomic E-state index is 13.6. The number of nitrogens with two attached hydrogens (primary N) is 1. The molecule has 0 spiro atoms. The van der Waals surface area contributed by atoms with Gasteiger partial charge in [0, 0.05) is 106 Å². The van der Waals surface area contributed by atoms with E-state index in [1.807, 2.05) is 68.6 Å². The summed E-state index contributed by atoms with van der Waals surface area (Å²) in [6, 6.07) is 13.8. The van der Waals surface area contributed by atoms with Crippen LogP contribution in [0.1, 0.15) is 72.4 Å². The number of benzene rings is 2. The normalized spacial score (nSPS) is 21.5. The molecule has 2 saturated heterocycles. The summed E-state index contributed by atoms with van der Waals surface area (Å²) in [5, 5.41) is 31.4. The number of hydrogen-bond donors (Lipinski definition) is 7. The van der Waals surface area contributed by atoms with E-state index in [1.165, 1.54) is 10.0 Å². The van der Waals surface area contributed by atoms with E-state index in [2.05, 4.69) is 36.1 Å². The first-order valence-corrected chi connectivity index (χ1v) is 21.9. The molecule has 2 unspecified atom stereocenters. The SMILES string of the molecule is CC(C)(C)C(=O)N[C@H](Cc1c[nH]c2ccccc12)C(=O)O.CN1N=C2CCN(C(=O)[C@H](Cc3c[nH]c4ccccc34)NC(=O)C(C)(C)N)CC2(C)C1=O.CN1N=C2CCNCC2(C)C1=O. The highest BCUT2D eigenvalue weighted by molar-refractivity contribution is 6.13. The second kappa shape index (κ2) is 18.6. The number of hydrazone groups is 2. The second-order valence-corrected chi connectivity index (χ2v) is 19.3. The van der Waals surface area contributed by atoms with Crippen molar-refractivity contribution in [3.63, 3.8) is 0 Å². The van der Waals surface area contributed by atoms with E-state index in [1.54, 1.807) is 59.8 Å². The Morgan fingerprint density at radius 2 is 1.26 bits per heavy atom. The highest BCUT2D eigenvalue weighted by Gasteiger charge is 2.51. The van der Waals surface area contributed by atoms with Crippen LogP contribution in [0.15, 0.2) is 71.1 Å². The Hall–Kier alpha value is -6.40. The number of carboxylic acids is 1. The van der Waals surface area contributed by atoms with Gasteiger partial charge in [-0.1, -0.05) is 57.2 Å². The van der Waals surface area contributed by atoms with Gasteiger partial charge in [-0.3, -0.25) is 24.0 Å². The molecule has 2 aromatic carbocycles. The van der Waals surface area contributed by atoms with E-state index in [-0.39, 0.29) is 42.0 Å². The van der Waals surface area contributed by atoms with Crippen molar-refractivity contribution in [3.8, 4) is 0 Å². The van der Waals surface area contributed by atoms with Gasteiger partial charge in [0.1, 0.15) is 22.9 Å². The van der Waals surface area contributed by atoms with Crippen LogP contribution in [0.4, 0.5) is 0 Å². The van der Waals surface area contributed by atoms with Gasteiger partial charge in [-0.15, -0.1) is 0 Å². The molecule has 65 heavy (non-hydrogen) atoms. The molecular formula is C47H63N11O7. The standard InChI is InChI=1S/C23H30N6O3.C16H20N2O3.C8H13N3O/c1-22(2,24)20(31)26-17(11-14-12-25-16-8-6-5-7-15(14)16)19(30)29-10-9-18-23(3,13-29)21(32)28(4)27-18;1-16(2,3)15(21)18-13(14(19)20)8-10-9-17-12-7-5-4-6-11(10)12;1-8-5-9-4-3-6(8)10-11(2)7(8)12/h5-8,12,17,25H,9-11,13,24H2,1-4H3,(H,26,31);4-7,9,13,17H,8H2,1-3H3,(H,18,21)(H,19,20);9H,3-5H2,1-2H3/t17-,23?;13-;/m01./s1. The minimum absolute atomic E-state index is 0.115. The van der Waals surface area contributed by atoms with E-state index in [0.717, 1.165) is 63.9 Å². The van der Waals surface area contributed by atoms with Crippen LogP contribution in [0, 0.1) is 16.2 Å². The molecule has 18 heteroatoms. The van der Waals surface area contributed by atoms with Crippen molar-refractivity contribution in [2.24, 2.45) is 32.2 Å². The number of nitrogens with zero attached hydrogens (tertiary/aromatic N) is 5. The van der Waals surface area contributed by atoms with Gasteiger partial charge in [0.15, 0.2) is 0 Å². The molecule has 2 fully saturated rings. The Kier molecular flexibility index (Phi) is 13.8. The zero-order chi connectivity index (χ0) is 47.6. The Bertz CT molecular complexity index is 2550. The van der Waals surface area contributed by atoms with Crippen molar-refractivity contribution in [3.05, 3.63) is 72.1 Å². The van der Waals surface area contributed by atoms with Gasteiger partial charge in [-0.2, -0.15) is 10.2 Å². The Morgan fingerprint density at radius 1 is 0.769 bits per heavy atom. The first-order valence-electron chi connectivity index (χ1n) is 21.9. The van der Waals surface area contributed by atoms with E-state index >= 15 is 0 Å². The molecule has 4 aliphatic rings. The quantitative estimate of drug-likeness (QED) is 0.130.